The number of ether oxygens (including phenoxy) is 1. The molecule has 0 amide bonds. The minimum atomic E-state index is 0.661. The van der Waals surface area contributed by atoms with E-state index in [9.17, 15) is 0 Å². The number of H-pyrrole nitrogens is 1. The topological polar surface area (TPSA) is 41.1 Å². The van der Waals surface area contributed by atoms with Crippen molar-refractivity contribution in [2.45, 2.75) is 38.3 Å². The van der Waals surface area contributed by atoms with Crippen LogP contribution in [0.1, 0.15) is 35.1 Å². The average molecular weight is 484 g/mol. The Morgan fingerprint density at radius 2 is 1.86 bits per heavy atom. The minimum Gasteiger partial charge on any atom is -0.381 e. The molecule has 0 radical (unpaired) electrons. The number of benzene rings is 3. The van der Waals surface area contributed by atoms with Crippen molar-refractivity contribution in [1.29, 1.82) is 0 Å². The van der Waals surface area contributed by atoms with E-state index in [0.717, 1.165) is 74.6 Å². The molecular weight excluding hydrogens is 454 g/mol. The largest absolute Gasteiger partial charge is 0.381 e. The Morgan fingerprint density at radius 1 is 1.00 bits per heavy atom. The zero-order valence-corrected chi connectivity index (χ0v) is 20.6. The molecule has 0 unspecified atom stereocenters. The molecular formula is C30H30ClN3O. The van der Waals surface area contributed by atoms with E-state index in [1.807, 2.05) is 30.5 Å². The molecule has 1 saturated heterocycles. The number of aromatic nitrogens is 2. The number of nitrogens with zero attached hydrogens (tertiary/aromatic N) is 2. The van der Waals surface area contributed by atoms with Gasteiger partial charge in [0.1, 0.15) is 5.82 Å². The first kappa shape index (κ1) is 22.5. The molecule has 35 heavy (non-hydrogen) atoms. The molecule has 1 N–H and O–H groups in total. The maximum atomic E-state index is 6.62. The number of nitrogens with one attached hydrogen (secondary N) is 1. The normalized spacial score (nSPS) is 16.8. The van der Waals surface area contributed by atoms with Gasteiger partial charge in [0.15, 0.2) is 0 Å². The van der Waals surface area contributed by atoms with Crippen molar-refractivity contribution in [2.75, 3.05) is 19.8 Å². The van der Waals surface area contributed by atoms with E-state index in [4.69, 9.17) is 16.3 Å². The quantitative estimate of drug-likeness (QED) is 0.351. The molecule has 6 rings (SSSR count). The smallest absolute Gasteiger partial charge is 0.139 e. The highest BCUT2D eigenvalue weighted by Gasteiger charge is 2.26. The molecule has 4 nitrogen and oxygen atoms in total. The lowest BCUT2D eigenvalue weighted by atomic mass is 9.89. The number of rotatable bonds is 5. The van der Waals surface area contributed by atoms with Gasteiger partial charge in [0.2, 0.25) is 0 Å². The molecule has 178 valence electrons. The summed E-state index contributed by atoms with van der Waals surface area (Å²) in [4.78, 5) is 10.8. The van der Waals surface area contributed by atoms with Crippen LogP contribution in [0.2, 0.25) is 5.02 Å². The number of imidazole rings is 1. The fourth-order valence-corrected chi connectivity index (χ4v) is 5.75. The van der Waals surface area contributed by atoms with Crippen LogP contribution in [0.15, 0.2) is 72.9 Å². The Labute approximate surface area is 211 Å². The summed E-state index contributed by atoms with van der Waals surface area (Å²) in [5.74, 6) is 0.804. The molecule has 2 aliphatic heterocycles. The van der Waals surface area contributed by atoms with Crippen molar-refractivity contribution >= 4 is 11.6 Å². The molecule has 0 spiro atoms. The van der Waals surface area contributed by atoms with Gasteiger partial charge in [-0.25, -0.2) is 4.98 Å². The zero-order valence-electron chi connectivity index (χ0n) is 19.8. The highest BCUT2D eigenvalue weighted by atomic mass is 35.5. The van der Waals surface area contributed by atoms with Crippen LogP contribution in [-0.2, 0) is 24.1 Å². The number of hydrogen-bond acceptors (Lipinski definition) is 3. The molecule has 4 aromatic rings. The Kier molecular flexibility index (Phi) is 6.43. The van der Waals surface area contributed by atoms with Gasteiger partial charge in [0, 0.05) is 37.9 Å². The molecule has 1 aromatic heterocycles. The van der Waals surface area contributed by atoms with Crippen LogP contribution in [0.25, 0.3) is 22.6 Å². The predicted molar refractivity (Wildman–Crippen MR) is 142 cm³/mol. The van der Waals surface area contributed by atoms with Crippen LogP contribution in [0.4, 0.5) is 0 Å². The molecule has 0 atom stereocenters. The third-order valence-corrected chi connectivity index (χ3v) is 7.77. The van der Waals surface area contributed by atoms with Gasteiger partial charge in [-0.3, -0.25) is 4.90 Å². The van der Waals surface area contributed by atoms with Crippen LogP contribution in [0.5, 0.6) is 0 Å². The Bertz CT molecular complexity index is 1310. The van der Waals surface area contributed by atoms with Gasteiger partial charge in [-0.15, -0.1) is 0 Å². The fraction of sp³-hybridized carbons (Fsp3) is 0.300. The maximum Gasteiger partial charge on any atom is 0.139 e. The van der Waals surface area contributed by atoms with Gasteiger partial charge >= 0.3 is 0 Å². The summed E-state index contributed by atoms with van der Waals surface area (Å²) in [7, 11) is 0. The molecule has 5 heteroatoms. The lowest BCUT2D eigenvalue weighted by Gasteiger charge is -2.38. The van der Waals surface area contributed by atoms with Crippen molar-refractivity contribution in [1.82, 2.24) is 14.9 Å². The molecule has 2 aliphatic rings. The number of hydrogen-bond donors (Lipinski definition) is 1. The molecule has 0 aliphatic carbocycles. The second kappa shape index (κ2) is 9.98. The lowest BCUT2D eigenvalue weighted by molar-refractivity contribution is 0.0290. The zero-order chi connectivity index (χ0) is 23.6. The minimum absolute atomic E-state index is 0.661. The molecule has 3 heterocycles. The Hall–Kier alpha value is -2.92. The molecule has 3 aromatic carbocycles. The first-order valence-electron chi connectivity index (χ1n) is 12.6. The number of halogens is 1. The highest BCUT2D eigenvalue weighted by molar-refractivity contribution is 6.33. The van der Waals surface area contributed by atoms with E-state index in [-0.39, 0.29) is 0 Å². The van der Waals surface area contributed by atoms with E-state index in [1.54, 1.807) is 0 Å². The van der Waals surface area contributed by atoms with Gasteiger partial charge in [-0.1, -0.05) is 66.2 Å². The summed E-state index contributed by atoms with van der Waals surface area (Å²) in [5, 5.41) is 0.713. The van der Waals surface area contributed by atoms with Gasteiger partial charge < -0.3 is 9.72 Å². The standard InChI is InChI=1S/C30H30ClN3O/c31-28-10-9-21(18-27(28)30-32-19-29(33-30)22-5-2-1-3-6-22)17-23-7-4-8-24-20-34(14-11-26(23)24)25-12-15-35-16-13-25/h1-10,18-19,25H,11-17,20H2,(H,32,33). The average Bonchev–Trinajstić information content (AvgIpc) is 3.41. The molecule has 1 fully saturated rings. The summed E-state index contributed by atoms with van der Waals surface area (Å²) < 4.78 is 5.58. The van der Waals surface area contributed by atoms with Crippen molar-refractivity contribution in [3.05, 3.63) is 100 Å². The van der Waals surface area contributed by atoms with E-state index >= 15 is 0 Å². The van der Waals surface area contributed by atoms with Gasteiger partial charge in [0.05, 0.1) is 16.9 Å². The Morgan fingerprint density at radius 3 is 2.71 bits per heavy atom. The number of fused-ring (bicyclic) bond motifs is 1. The first-order valence-corrected chi connectivity index (χ1v) is 12.9. The third kappa shape index (κ3) is 4.79. The summed E-state index contributed by atoms with van der Waals surface area (Å²) in [6.07, 6.45) is 6.20. The first-order chi connectivity index (χ1) is 17.2. The van der Waals surface area contributed by atoms with Crippen molar-refractivity contribution in [3.63, 3.8) is 0 Å². The fourth-order valence-electron chi connectivity index (χ4n) is 5.54. The van der Waals surface area contributed by atoms with Gasteiger partial charge in [-0.2, -0.15) is 0 Å². The molecule has 0 bridgehead atoms. The van der Waals surface area contributed by atoms with Gasteiger partial charge in [-0.05, 0) is 65.6 Å². The van der Waals surface area contributed by atoms with Crippen molar-refractivity contribution < 1.29 is 4.74 Å². The second-order valence-corrected chi connectivity index (χ2v) is 10.0. The lowest BCUT2D eigenvalue weighted by Crippen LogP contribution is -2.42. The summed E-state index contributed by atoms with van der Waals surface area (Å²) in [6, 6.07) is 24.1. The maximum absolute atomic E-state index is 6.62. The van der Waals surface area contributed by atoms with Crippen LogP contribution >= 0.6 is 11.6 Å². The monoisotopic (exact) mass is 483 g/mol. The van der Waals surface area contributed by atoms with E-state index < -0.39 is 0 Å². The van der Waals surface area contributed by atoms with E-state index in [0.29, 0.717) is 11.1 Å². The number of aromatic amines is 1. The summed E-state index contributed by atoms with van der Waals surface area (Å²) in [5.41, 5.74) is 8.73. The highest BCUT2D eigenvalue weighted by Crippen LogP contribution is 2.32. The predicted octanol–water partition coefficient (Wildman–Crippen LogP) is 6.53. The Balaban J connectivity index is 1.23. The van der Waals surface area contributed by atoms with Gasteiger partial charge in [0.25, 0.3) is 0 Å². The van der Waals surface area contributed by atoms with E-state index in [1.165, 1.54) is 22.3 Å². The second-order valence-electron chi connectivity index (χ2n) is 9.62. The summed E-state index contributed by atoms with van der Waals surface area (Å²) in [6.45, 7) is 3.98. The van der Waals surface area contributed by atoms with Crippen LogP contribution in [0, 0.1) is 0 Å². The van der Waals surface area contributed by atoms with Crippen molar-refractivity contribution in [2.24, 2.45) is 0 Å². The third-order valence-electron chi connectivity index (χ3n) is 7.44. The molecule has 0 saturated carbocycles. The summed E-state index contributed by atoms with van der Waals surface area (Å²) >= 11 is 6.62. The van der Waals surface area contributed by atoms with Crippen LogP contribution < -0.4 is 0 Å². The van der Waals surface area contributed by atoms with Crippen LogP contribution in [0.3, 0.4) is 0 Å². The SMILES string of the molecule is Clc1ccc(Cc2cccc3c2CCN(C2CCOCC2)C3)cc1-c1ncc(-c2ccccc2)[nH]1. The van der Waals surface area contributed by atoms with Crippen molar-refractivity contribution in [3.8, 4) is 22.6 Å². The van der Waals surface area contributed by atoms with Crippen LogP contribution in [-0.4, -0.2) is 40.7 Å². The van der Waals surface area contributed by atoms with E-state index in [2.05, 4.69) is 57.3 Å².